The molecule has 1 unspecified atom stereocenters. The van der Waals surface area contributed by atoms with Gasteiger partial charge in [-0.15, -0.1) is 11.3 Å². The van der Waals surface area contributed by atoms with Gasteiger partial charge in [-0.1, -0.05) is 6.08 Å². The zero-order valence-electron chi connectivity index (χ0n) is 18.3. The number of rotatable bonds is 4. The highest BCUT2D eigenvalue weighted by atomic mass is 32.1. The summed E-state index contributed by atoms with van der Waals surface area (Å²) >= 11 is 1.18. The van der Waals surface area contributed by atoms with Gasteiger partial charge in [-0.2, -0.15) is 10.2 Å². The standard InChI is InChI=1S/C22H25F2N7OS/c1-12-18(28-21(33-12)20(32)29-19-16(25)4-3-7-22(19,23)24)15-9-27-31-11-13(5-6-17(15)31)14-8-26-30(2)10-14/h5-6,8-10,13,16,19H,3-4,7,11,25H2,1-2H3,(H,29,32)/t13?,16-,19-/m1/s1. The molecule has 11 heteroatoms. The Morgan fingerprint density at radius 1 is 1.33 bits per heavy atom. The first-order chi connectivity index (χ1) is 15.7. The third-order valence-electron chi connectivity index (χ3n) is 6.35. The zero-order valence-corrected chi connectivity index (χ0v) is 19.1. The number of carbonyl (C=O) groups is 1. The molecule has 4 heterocycles. The summed E-state index contributed by atoms with van der Waals surface area (Å²) in [5.41, 5.74) is 9.34. The van der Waals surface area contributed by atoms with Crippen molar-refractivity contribution in [1.29, 1.82) is 0 Å². The van der Waals surface area contributed by atoms with Gasteiger partial charge in [0.2, 0.25) is 0 Å². The van der Waals surface area contributed by atoms with E-state index in [2.05, 4.69) is 26.6 Å². The van der Waals surface area contributed by atoms with Crippen LogP contribution in [0.5, 0.6) is 0 Å². The number of carbonyl (C=O) groups excluding carboxylic acids is 1. The lowest BCUT2D eigenvalue weighted by molar-refractivity contribution is -0.0674. The normalized spacial score (nSPS) is 24.0. The summed E-state index contributed by atoms with van der Waals surface area (Å²) < 4.78 is 32.3. The molecule has 1 saturated carbocycles. The van der Waals surface area contributed by atoms with Crippen LogP contribution in [0.2, 0.25) is 0 Å². The fourth-order valence-electron chi connectivity index (χ4n) is 4.57. The number of amides is 1. The third kappa shape index (κ3) is 3.99. The Balaban J connectivity index is 1.37. The number of halogens is 2. The maximum Gasteiger partial charge on any atom is 0.280 e. The Kier molecular flexibility index (Phi) is 5.40. The lowest BCUT2D eigenvalue weighted by Gasteiger charge is -2.36. The summed E-state index contributed by atoms with van der Waals surface area (Å²) in [7, 11) is 1.88. The quantitative estimate of drug-likeness (QED) is 0.606. The minimum absolute atomic E-state index is 0.143. The predicted octanol–water partition coefficient (Wildman–Crippen LogP) is 3.10. The Hall–Kier alpha value is -2.92. The molecule has 174 valence electrons. The van der Waals surface area contributed by atoms with Crippen molar-refractivity contribution in [2.24, 2.45) is 12.8 Å². The fraction of sp³-hybridized carbons (Fsp3) is 0.455. The van der Waals surface area contributed by atoms with Gasteiger partial charge in [0, 0.05) is 42.1 Å². The highest BCUT2D eigenvalue weighted by Crippen LogP contribution is 2.36. The molecule has 0 bridgehead atoms. The molecular formula is C22H25F2N7OS. The van der Waals surface area contributed by atoms with Gasteiger partial charge in [0.1, 0.15) is 6.04 Å². The Morgan fingerprint density at radius 2 is 2.15 bits per heavy atom. The van der Waals surface area contributed by atoms with Crippen LogP contribution in [0.25, 0.3) is 17.3 Å². The predicted molar refractivity (Wildman–Crippen MR) is 121 cm³/mol. The van der Waals surface area contributed by atoms with E-state index < -0.39 is 23.9 Å². The molecule has 2 aliphatic rings. The molecular weight excluding hydrogens is 448 g/mol. The summed E-state index contributed by atoms with van der Waals surface area (Å²) in [6.07, 6.45) is 10.2. The number of fused-ring (bicyclic) bond motifs is 1. The van der Waals surface area contributed by atoms with Gasteiger partial charge < -0.3 is 11.1 Å². The smallest absolute Gasteiger partial charge is 0.280 e. The number of nitrogens with one attached hydrogen (secondary N) is 1. The van der Waals surface area contributed by atoms with E-state index >= 15 is 0 Å². The fourth-order valence-corrected chi connectivity index (χ4v) is 5.40. The number of hydrogen-bond donors (Lipinski definition) is 2. The topological polar surface area (TPSA) is 104 Å². The number of allylic oxidation sites excluding steroid dienone is 1. The molecule has 3 aromatic rings. The van der Waals surface area contributed by atoms with Crippen LogP contribution in [0.3, 0.4) is 0 Å². The summed E-state index contributed by atoms with van der Waals surface area (Å²) in [5, 5.41) is 11.3. The van der Waals surface area contributed by atoms with E-state index in [9.17, 15) is 13.6 Å². The molecule has 3 atom stereocenters. The average molecular weight is 474 g/mol. The molecule has 0 spiro atoms. The number of alkyl halides is 2. The summed E-state index contributed by atoms with van der Waals surface area (Å²) in [4.78, 5) is 18.1. The lowest BCUT2D eigenvalue weighted by atomic mass is 9.87. The molecule has 1 amide bonds. The number of thiazole rings is 1. The number of nitrogens with two attached hydrogens (primary N) is 1. The van der Waals surface area contributed by atoms with Crippen molar-refractivity contribution < 1.29 is 13.6 Å². The van der Waals surface area contributed by atoms with Gasteiger partial charge in [-0.3, -0.25) is 14.2 Å². The summed E-state index contributed by atoms with van der Waals surface area (Å²) in [6, 6.07) is -2.17. The highest BCUT2D eigenvalue weighted by Gasteiger charge is 2.46. The van der Waals surface area contributed by atoms with Crippen LogP contribution in [0.1, 0.15) is 51.1 Å². The molecule has 1 fully saturated rings. The second-order valence-corrected chi connectivity index (χ2v) is 9.93. The van der Waals surface area contributed by atoms with Crippen molar-refractivity contribution in [2.75, 3.05) is 0 Å². The van der Waals surface area contributed by atoms with E-state index in [0.29, 0.717) is 25.1 Å². The van der Waals surface area contributed by atoms with Crippen LogP contribution in [-0.2, 0) is 13.6 Å². The van der Waals surface area contributed by atoms with E-state index in [1.165, 1.54) is 11.3 Å². The maximum atomic E-state index is 14.3. The second-order valence-electron chi connectivity index (χ2n) is 8.73. The summed E-state index contributed by atoms with van der Waals surface area (Å²) in [5.74, 6) is -3.48. The minimum atomic E-state index is -3.02. The molecule has 0 saturated heterocycles. The molecule has 5 rings (SSSR count). The molecule has 0 radical (unpaired) electrons. The van der Waals surface area contributed by atoms with Crippen molar-refractivity contribution >= 4 is 23.3 Å². The molecule has 33 heavy (non-hydrogen) atoms. The van der Waals surface area contributed by atoms with Gasteiger partial charge in [-0.05, 0) is 31.4 Å². The van der Waals surface area contributed by atoms with Gasteiger partial charge in [-0.25, -0.2) is 13.8 Å². The molecule has 8 nitrogen and oxygen atoms in total. The van der Waals surface area contributed by atoms with E-state index in [0.717, 1.165) is 21.7 Å². The van der Waals surface area contributed by atoms with Crippen LogP contribution >= 0.6 is 11.3 Å². The first-order valence-corrected chi connectivity index (χ1v) is 11.7. The first kappa shape index (κ1) is 21.9. The number of aryl methyl sites for hydroxylation is 2. The largest absolute Gasteiger partial charge is 0.340 e. The minimum Gasteiger partial charge on any atom is -0.340 e. The maximum absolute atomic E-state index is 14.3. The van der Waals surface area contributed by atoms with Crippen molar-refractivity contribution in [3.05, 3.63) is 45.8 Å². The van der Waals surface area contributed by atoms with Crippen molar-refractivity contribution in [3.63, 3.8) is 0 Å². The Bertz CT molecular complexity index is 1230. The van der Waals surface area contributed by atoms with Crippen molar-refractivity contribution in [3.8, 4) is 11.3 Å². The van der Waals surface area contributed by atoms with Crippen molar-refractivity contribution in [2.45, 2.75) is 56.7 Å². The van der Waals surface area contributed by atoms with Gasteiger partial charge in [0.05, 0.1) is 30.3 Å². The van der Waals surface area contributed by atoms with Crippen LogP contribution in [0.15, 0.2) is 24.7 Å². The molecule has 0 aromatic carbocycles. The molecule has 1 aliphatic heterocycles. The van der Waals surface area contributed by atoms with Gasteiger partial charge in [0.25, 0.3) is 11.8 Å². The van der Waals surface area contributed by atoms with Crippen LogP contribution in [0, 0.1) is 6.92 Å². The molecule has 3 aromatic heterocycles. The van der Waals surface area contributed by atoms with Crippen LogP contribution in [0.4, 0.5) is 8.78 Å². The highest BCUT2D eigenvalue weighted by molar-refractivity contribution is 7.14. The van der Waals surface area contributed by atoms with Crippen LogP contribution < -0.4 is 11.1 Å². The van der Waals surface area contributed by atoms with Gasteiger partial charge in [0.15, 0.2) is 5.01 Å². The summed E-state index contributed by atoms with van der Waals surface area (Å²) in [6.45, 7) is 2.53. The Labute approximate surface area is 193 Å². The first-order valence-electron chi connectivity index (χ1n) is 10.9. The van der Waals surface area contributed by atoms with Crippen LogP contribution in [-0.4, -0.2) is 48.5 Å². The van der Waals surface area contributed by atoms with Crippen molar-refractivity contribution in [1.82, 2.24) is 29.9 Å². The number of hydrogen-bond acceptors (Lipinski definition) is 6. The lowest BCUT2D eigenvalue weighted by Crippen LogP contribution is -2.59. The SMILES string of the molecule is Cc1sc(C(=O)N[C@@H]2[C@H](N)CCCC2(F)F)nc1-c1cnn2c1C=CC(c1cnn(C)c1)C2. The number of aromatic nitrogens is 5. The van der Waals surface area contributed by atoms with E-state index in [1.807, 2.05) is 37.1 Å². The van der Waals surface area contributed by atoms with E-state index in [1.54, 1.807) is 10.9 Å². The van der Waals surface area contributed by atoms with E-state index in [4.69, 9.17) is 5.73 Å². The van der Waals surface area contributed by atoms with E-state index in [-0.39, 0.29) is 17.3 Å². The second kappa shape index (κ2) is 8.14. The Morgan fingerprint density at radius 3 is 2.88 bits per heavy atom. The zero-order chi connectivity index (χ0) is 23.3. The van der Waals surface area contributed by atoms with Gasteiger partial charge >= 0.3 is 0 Å². The number of nitrogens with zero attached hydrogens (tertiary/aromatic N) is 5. The molecule has 3 N–H and O–H groups in total. The average Bonchev–Trinajstić information content (AvgIpc) is 3.48. The monoisotopic (exact) mass is 473 g/mol. The molecule has 1 aliphatic carbocycles. The third-order valence-corrected chi connectivity index (χ3v) is 7.32.